The number of nitrogens with zero attached hydrogens (tertiary/aromatic N) is 1. The normalized spacial score (nSPS) is 11.6. The average Bonchev–Trinajstić information content (AvgIpc) is 2.38. The number of carbonyl (C=O) groups excluding carboxylic acids is 2. The van der Waals surface area contributed by atoms with Crippen LogP contribution in [0.3, 0.4) is 0 Å². The molecule has 0 rings (SSSR count). The Labute approximate surface area is 118 Å². The van der Waals surface area contributed by atoms with Crippen molar-refractivity contribution in [2.45, 2.75) is 25.8 Å². The summed E-state index contributed by atoms with van der Waals surface area (Å²) in [6.45, 7) is 2.67. The van der Waals surface area contributed by atoms with Crippen molar-refractivity contribution >= 4 is 17.9 Å². The second kappa shape index (κ2) is 10.0. The predicted molar refractivity (Wildman–Crippen MR) is 72.4 cm³/mol. The van der Waals surface area contributed by atoms with Crippen molar-refractivity contribution in [3.63, 3.8) is 0 Å². The summed E-state index contributed by atoms with van der Waals surface area (Å²) in [5, 5.41) is 13.6. The minimum absolute atomic E-state index is 0.00464. The van der Waals surface area contributed by atoms with E-state index in [4.69, 9.17) is 9.84 Å². The van der Waals surface area contributed by atoms with Gasteiger partial charge in [0, 0.05) is 33.7 Å². The second-order valence-corrected chi connectivity index (χ2v) is 4.37. The SMILES string of the molecule is COCCNC(=O)C(C)NC(=O)N(C)CCCC(=O)O. The summed E-state index contributed by atoms with van der Waals surface area (Å²) in [6, 6.07) is -1.08. The maximum atomic E-state index is 11.7. The Morgan fingerprint density at radius 1 is 1.35 bits per heavy atom. The first kappa shape index (κ1) is 18.2. The van der Waals surface area contributed by atoms with Crippen LogP contribution in [0.15, 0.2) is 0 Å². The molecule has 1 unspecified atom stereocenters. The highest BCUT2D eigenvalue weighted by molar-refractivity contribution is 5.86. The van der Waals surface area contributed by atoms with Gasteiger partial charge in [0.2, 0.25) is 5.91 Å². The Morgan fingerprint density at radius 2 is 2.00 bits per heavy atom. The Kier molecular flexibility index (Phi) is 9.10. The summed E-state index contributed by atoms with van der Waals surface area (Å²) in [5.74, 6) is -1.20. The molecule has 0 aromatic rings. The van der Waals surface area contributed by atoms with Crippen LogP contribution in [0.1, 0.15) is 19.8 Å². The van der Waals surface area contributed by atoms with Crippen molar-refractivity contribution in [1.82, 2.24) is 15.5 Å². The van der Waals surface area contributed by atoms with Crippen LogP contribution in [0, 0.1) is 0 Å². The van der Waals surface area contributed by atoms with Gasteiger partial charge < -0.3 is 25.4 Å². The van der Waals surface area contributed by atoms with Crippen molar-refractivity contribution in [1.29, 1.82) is 0 Å². The number of carboxylic acid groups (broad SMARTS) is 1. The molecule has 0 aliphatic rings. The topological polar surface area (TPSA) is 108 Å². The van der Waals surface area contributed by atoms with E-state index in [1.807, 2.05) is 0 Å². The molecule has 0 fully saturated rings. The summed E-state index contributed by atoms with van der Waals surface area (Å²) >= 11 is 0. The average molecular weight is 289 g/mol. The number of carboxylic acids is 1. The molecule has 0 heterocycles. The van der Waals surface area contributed by atoms with Gasteiger partial charge in [-0.25, -0.2) is 4.79 Å². The molecular weight excluding hydrogens is 266 g/mol. The fraction of sp³-hybridized carbons (Fsp3) is 0.750. The summed E-state index contributed by atoms with van der Waals surface area (Å²) in [4.78, 5) is 35.0. The van der Waals surface area contributed by atoms with E-state index in [2.05, 4.69) is 10.6 Å². The van der Waals surface area contributed by atoms with Crippen LogP contribution in [-0.2, 0) is 14.3 Å². The maximum absolute atomic E-state index is 11.7. The van der Waals surface area contributed by atoms with Gasteiger partial charge in [-0.2, -0.15) is 0 Å². The third kappa shape index (κ3) is 8.30. The van der Waals surface area contributed by atoms with E-state index in [0.29, 0.717) is 26.1 Å². The minimum atomic E-state index is -0.898. The first-order valence-corrected chi connectivity index (χ1v) is 6.38. The Morgan fingerprint density at radius 3 is 2.55 bits per heavy atom. The molecule has 3 amide bonds. The zero-order chi connectivity index (χ0) is 15.5. The predicted octanol–water partition coefficient (Wildman–Crippen LogP) is -0.356. The molecule has 0 spiro atoms. The van der Waals surface area contributed by atoms with E-state index in [0.717, 1.165) is 0 Å². The summed E-state index contributed by atoms with van der Waals surface area (Å²) in [5.41, 5.74) is 0. The van der Waals surface area contributed by atoms with E-state index in [1.165, 1.54) is 12.0 Å². The van der Waals surface area contributed by atoms with Gasteiger partial charge in [-0.3, -0.25) is 9.59 Å². The number of amides is 3. The first-order valence-electron chi connectivity index (χ1n) is 6.38. The van der Waals surface area contributed by atoms with Gasteiger partial charge in [-0.05, 0) is 13.3 Å². The number of urea groups is 1. The molecule has 0 bridgehead atoms. The molecular formula is C12H23N3O5. The highest BCUT2D eigenvalue weighted by atomic mass is 16.5. The highest BCUT2D eigenvalue weighted by Crippen LogP contribution is 1.95. The molecule has 0 saturated heterocycles. The lowest BCUT2D eigenvalue weighted by Gasteiger charge is -2.20. The van der Waals surface area contributed by atoms with Gasteiger partial charge in [-0.15, -0.1) is 0 Å². The molecule has 116 valence electrons. The highest BCUT2D eigenvalue weighted by Gasteiger charge is 2.17. The quantitative estimate of drug-likeness (QED) is 0.503. The molecule has 3 N–H and O–H groups in total. The van der Waals surface area contributed by atoms with Gasteiger partial charge in [0.25, 0.3) is 0 Å². The Bertz CT molecular complexity index is 335. The Hall–Kier alpha value is -1.83. The van der Waals surface area contributed by atoms with Gasteiger partial charge in [0.1, 0.15) is 6.04 Å². The molecule has 8 nitrogen and oxygen atoms in total. The lowest BCUT2D eigenvalue weighted by molar-refractivity contribution is -0.137. The van der Waals surface area contributed by atoms with Crippen molar-refractivity contribution in [2.75, 3.05) is 33.9 Å². The lowest BCUT2D eigenvalue weighted by Crippen LogP contribution is -2.49. The van der Waals surface area contributed by atoms with Crippen molar-refractivity contribution in [3.05, 3.63) is 0 Å². The van der Waals surface area contributed by atoms with E-state index in [-0.39, 0.29) is 12.3 Å². The van der Waals surface area contributed by atoms with Crippen molar-refractivity contribution < 1.29 is 24.2 Å². The fourth-order valence-electron chi connectivity index (χ4n) is 1.36. The lowest BCUT2D eigenvalue weighted by atomic mass is 10.3. The number of rotatable bonds is 9. The fourth-order valence-corrected chi connectivity index (χ4v) is 1.36. The standard InChI is InChI=1S/C12H23N3O5/c1-9(11(18)13-6-8-20-3)14-12(19)15(2)7-4-5-10(16)17/h9H,4-8H2,1-3H3,(H,13,18)(H,14,19)(H,16,17). The summed E-state index contributed by atoms with van der Waals surface area (Å²) in [7, 11) is 3.08. The van der Waals surface area contributed by atoms with Gasteiger partial charge in [-0.1, -0.05) is 0 Å². The first-order chi connectivity index (χ1) is 9.38. The van der Waals surface area contributed by atoms with Crippen LogP contribution in [0.25, 0.3) is 0 Å². The molecule has 0 aromatic heterocycles. The number of nitrogens with one attached hydrogen (secondary N) is 2. The molecule has 0 aromatic carbocycles. The monoisotopic (exact) mass is 289 g/mol. The zero-order valence-corrected chi connectivity index (χ0v) is 12.1. The number of hydrogen-bond acceptors (Lipinski definition) is 4. The van der Waals surface area contributed by atoms with E-state index in [9.17, 15) is 14.4 Å². The van der Waals surface area contributed by atoms with Crippen molar-refractivity contribution in [3.8, 4) is 0 Å². The van der Waals surface area contributed by atoms with Gasteiger partial charge >= 0.3 is 12.0 Å². The number of methoxy groups -OCH3 is 1. The third-order valence-electron chi connectivity index (χ3n) is 2.57. The van der Waals surface area contributed by atoms with Crippen LogP contribution in [0.5, 0.6) is 0 Å². The van der Waals surface area contributed by atoms with E-state index >= 15 is 0 Å². The molecule has 20 heavy (non-hydrogen) atoms. The number of hydrogen-bond donors (Lipinski definition) is 3. The molecule has 0 aliphatic carbocycles. The second-order valence-electron chi connectivity index (χ2n) is 4.37. The third-order valence-corrected chi connectivity index (χ3v) is 2.57. The van der Waals surface area contributed by atoms with Crippen LogP contribution >= 0.6 is 0 Å². The maximum Gasteiger partial charge on any atom is 0.317 e. The largest absolute Gasteiger partial charge is 0.481 e. The van der Waals surface area contributed by atoms with Gasteiger partial charge in [0.05, 0.1) is 6.61 Å². The van der Waals surface area contributed by atoms with Crippen LogP contribution in [0.4, 0.5) is 4.79 Å². The van der Waals surface area contributed by atoms with Crippen LogP contribution in [0.2, 0.25) is 0 Å². The Balaban J connectivity index is 3.98. The smallest absolute Gasteiger partial charge is 0.317 e. The van der Waals surface area contributed by atoms with E-state index < -0.39 is 18.0 Å². The number of aliphatic carboxylic acids is 1. The number of carbonyl (C=O) groups is 3. The number of ether oxygens (including phenoxy) is 1. The van der Waals surface area contributed by atoms with E-state index in [1.54, 1.807) is 14.0 Å². The summed E-state index contributed by atoms with van der Waals surface area (Å²) < 4.78 is 4.80. The minimum Gasteiger partial charge on any atom is -0.481 e. The summed E-state index contributed by atoms with van der Waals surface area (Å²) in [6.07, 6.45) is 0.373. The van der Waals surface area contributed by atoms with Crippen LogP contribution in [-0.4, -0.2) is 67.8 Å². The molecule has 1 atom stereocenters. The van der Waals surface area contributed by atoms with Crippen molar-refractivity contribution in [2.24, 2.45) is 0 Å². The molecule has 8 heteroatoms. The molecule has 0 saturated carbocycles. The molecule has 0 aliphatic heterocycles. The molecule has 0 radical (unpaired) electrons. The van der Waals surface area contributed by atoms with Gasteiger partial charge in [0.15, 0.2) is 0 Å². The zero-order valence-electron chi connectivity index (χ0n) is 12.1. The van der Waals surface area contributed by atoms with Crippen LogP contribution < -0.4 is 10.6 Å².